The van der Waals surface area contributed by atoms with Crippen LogP contribution in [0.4, 0.5) is 0 Å². The van der Waals surface area contributed by atoms with Gasteiger partial charge in [-0.3, -0.25) is 24.1 Å². The first-order valence-corrected chi connectivity index (χ1v) is 12.2. The van der Waals surface area contributed by atoms with Crippen molar-refractivity contribution in [2.24, 2.45) is 0 Å². The van der Waals surface area contributed by atoms with E-state index in [4.69, 9.17) is 24.1 Å². The third-order valence-electron chi connectivity index (χ3n) is 5.16. The van der Waals surface area contributed by atoms with Crippen molar-refractivity contribution < 1.29 is 48.0 Å². The van der Waals surface area contributed by atoms with Gasteiger partial charge >= 0.3 is 0 Å². The maximum atomic E-state index is 13.2. The van der Waals surface area contributed by atoms with Crippen LogP contribution in [0.5, 0.6) is 5.75 Å². The van der Waals surface area contributed by atoms with E-state index in [0.717, 1.165) is 0 Å². The zero-order chi connectivity index (χ0) is 28.2. The van der Waals surface area contributed by atoms with Crippen LogP contribution in [0.1, 0.15) is 28.8 Å². The summed E-state index contributed by atoms with van der Waals surface area (Å²) in [7, 11) is 1.44. The fraction of sp³-hybridized carbons (Fsp3) is 0.560. The van der Waals surface area contributed by atoms with Gasteiger partial charge in [-0.15, -0.1) is 0 Å². The number of benzene rings is 1. The molecular formula is C25H37N3O10. The monoisotopic (exact) mass is 539 g/mol. The van der Waals surface area contributed by atoms with Crippen molar-refractivity contribution in [1.82, 2.24) is 15.5 Å². The number of aliphatic hydroxyl groups excluding tert-OH is 1. The van der Waals surface area contributed by atoms with E-state index >= 15 is 0 Å². The quantitative estimate of drug-likeness (QED) is 0.133. The second kappa shape index (κ2) is 19.7. The normalized spacial score (nSPS) is 11.3. The molecule has 13 heteroatoms. The third kappa shape index (κ3) is 12.2. The molecule has 0 aliphatic heterocycles. The van der Waals surface area contributed by atoms with Crippen LogP contribution in [-0.2, 0) is 33.4 Å². The van der Waals surface area contributed by atoms with Crippen LogP contribution in [0, 0.1) is 6.92 Å². The van der Waals surface area contributed by atoms with Gasteiger partial charge in [0.05, 0.1) is 57.9 Å². The molecule has 1 unspecified atom stereocenters. The summed E-state index contributed by atoms with van der Waals surface area (Å²) in [5, 5.41) is 13.6. The van der Waals surface area contributed by atoms with Crippen LogP contribution < -0.4 is 15.4 Å². The molecule has 1 aromatic rings. The van der Waals surface area contributed by atoms with Crippen LogP contribution in [0.25, 0.3) is 0 Å². The lowest BCUT2D eigenvalue weighted by Crippen LogP contribution is -2.41. The van der Waals surface area contributed by atoms with E-state index < -0.39 is 24.5 Å². The second-order valence-corrected chi connectivity index (χ2v) is 7.88. The van der Waals surface area contributed by atoms with Gasteiger partial charge in [0, 0.05) is 20.0 Å². The van der Waals surface area contributed by atoms with Gasteiger partial charge in [-0.1, -0.05) is 12.1 Å². The number of carbonyl (C=O) groups excluding carboxylic acids is 5. The van der Waals surface area contributed by atoms with Gasteiger partial charge in [0.25, 0.3) is 11.8 Å². The molecule has 13 nitrogen and oxygen atoms in total. The lowest BCUT2D eigenvalue weighted by molar-refractivity contribution is -0.125. The second-order valence-electron chi connectivity index (χ2n) is 7.88. The van der Waals surface area contributed by atoms with Gasteiger partial charge in [0.15, 0.2) is 6.61 Å². The molecule has 212 valence electrons. The molecule has 0 aliphatic rings. The minimum absolute atomic E-state index is 0.0317. The topological polar surface area (TPSA) is 170 Å². The first-order chi connectivity index (χ1) is 18.4. The Kier molecular flexibility index (Phi) is 16.9. The van der Waals surface area contributed by atoms with Crippen molar-refractivity contribution in [2.45, 2.75) is 25.8 Å². The minimum atomic E-state index is -1.14. The Labute approximate surface area is 221 Å². The summed E-state index contributed by atoms with van der Waals surface area (Å²) in [5.41, 5.74) is 0.510. The van der Waals surface area contributed by atoms with Crippen LogP contribution >= 0.6 is 0 Å². The molecule has 0 aliphatic carbocycles. The molecule has 1 aromatic carbocycles. The van der Waals surface area contributed by atoms with E-state index in [-0.39, 0.29) is 62.8 Å². The van der Waals surface area contributed by atoms with Gasteiger partial charge in [0.1, 0.15) is 12.0 Å². The highest BCUT2D eigenvalue weighted by Gasteiger charge is 2.28. The summed E-state index contributed by atoms with van der Waals surface area (Å²) in [6.45, 7) is 3.41. The number of hydrogen-bond donors (Lipinski definition) is 3. The van der Waals surface area contributed by atoms with Crippen LogP contribution in [0.15, 0.2) is 18.2 Å². The smallest absolute Gasteiger partial charge is 0.264 e. The Morgan fingerprint density at radius 3 is 2.26 bits per heavy atom. The molecule has 0 saturated heterocycles. The van der Waals surface area contributed by atoms with Crippen molar-refractivity contribution in [3.63, 3.8) is 0 Å². The molecular weight excluding hydrogens is 502 g/mol. The first-order valence-electron chi connectivity index (χ1n) is 12.2. The SMILES string of the molecule is CNC(=O)CCC(C=O)N(C=O)C(=O)c1c(C)cccc1OCC(=O)NCCOCCOCCOCCO. The van der Waals surface area contributed by atoms with Crippen molar-refractivity contribution in [1.29, 1.82) is 0 Å². The van der Waals surface area contributed by atoms with E-state index in [2.05, 4.69) is 10.6 Å². The average Bonchev–Trinajstić information content (AvgIpc) is 2.92. The number of amides is 4. The number of aryl methyl sites for hydroxylation is 1. The fourth-order valence-electron chi connectivity index (χ4n) is 3.18. The standard InChI is InChI=1S/C25H37N3O10/c1-19-4-3-5-21(24(19)25(34)28(18-31)20(16-30)6-7-22(32)26-2)38-17-23(33)27-8-10-35-12-14-37-15-13-36-11-9-29/h3-5,16,18,20,29H,6-15,17H2,1-2H3,(H,26,32)(H,27,33). The number of imide groups is 1. The van der Waals surface area contributed by atoms with E-state index in [0.29, 0.717) is 43.2 Å². The Balaban J connectivity index is 2.55. The summed E-state index contributed by atoms with van der Waals surface area (Å²) in [5.74, 6) is -1.49. The maximum absolute atomic E-state index is 13.2. The molecule has 1 atom stereocenters. The van der Waals surface area contributed by atoms with Gasteiger partial charge in [-0.2, -0.15) is 0 Å². The zero-order valence-corrected chi connectivity index (χ0v) is 21.8. The maximum Gasteiger partial charge on any atom is 0.264 e. The van der Waals surface area contributed by atoms with Gasteiger partial charge in [0.2, 0.25) is 12.3 Å². The van der Waals surface area contributed by atoms with Gasteiger partial charge in [-0.05, 0) is 25.0 Å². The van der Waals surface area contributed by atoms with Crippen LogP contribution in [-0.4, -0.2) is 113 Å². The van der Waals surface area contributed by atoms with E-state index in [1.807, 2.05) is 0 Å². The molecule has 0 bridgehead atoms. The van der Waals surface area contributed by atoms with E-state index in [1.54, 1.807) is 19.1 Å². The van der Waals surface area contributed by atoms with Crippen molar-refractivity contribution >= 4 is 30.4 Å². The van der Waals surface area contributed by atoms with Crippen molar-refractivity contribution in [2.75, 3.05) is 66.4 Å². The molecule has 3 N–H and O–H groups in total. The lowest BCUT2D eigenvalue weighted by Gasteiger charge is -2.24. The lowest BCUT2D eigenvalue weighted by atomic mass is 10.0. The zero-order valence-electron chi connectivity index (χ0n) is 21.8. The molecule has 0 aromatic heterocycles. The molecule has 0 heterocycles. The predicted octanol–water partition coefficient (Wildman–Crippen LogP) is -0.776. The molecule has 0 saturated carbocycles. The Morgan fingerprint density at radius 1 is 1.00 bits per heavy atom. The molecule has 4 amide bonds. The number of nitrogens with one attached hydrogen (secondary N) is 2. The number of carbonyl (C=O) groups is 5. The number of aldehydes is 1. The number of rotatable bonds is 21. The molecule has 1 rings (SSSR count). The van der Waals surface area contributed by atoms with E-state index in [9.17, 15) is 24.0 Å². The molecule has 0 spiro atoms. The summed E-state index contributed by atoms with van der Waals surface area (Å²) in [6, 6.07) is 3.60. The summed E-state index contributed by atoms with van der Waals surface area (Å²) >= 11 is 0. The highest BCUT2D eigenvalue weighted by molar-refractivity contribution is 6.04. The largest absolute Gasteiger partial charge is 0.483 e. The Hall–Kier alpha value is -3.39. The van der Waals surface area contributed by atoms with Crippen LogP contribution in [0.2, 0.25) is 0 Å². The first kappa shape index (κ1) is 32.6. The van der Waals surface area contributed by atoms with Crippen LogP contribution in [0.3, 0.4) is 0 Å². The van der Waals surface area contributed by atoms with E-state index in [1.165, 1.54) is 13.1 Å². The minimum Gasteiger partial charge on any atom is -0.483 e. The molecule has 38 heavy (non-hydrogen) atoms. The number of nitrogens with zero attached hydrogens (tertiary/aromatic N) is 1. The average molecular weight is 540 g/mol. The summed E-state index contributed by atoms with van der Waals surface area (Å²) in [6.07, 6.45) is 0.588. The summed E-state index contributed by atoms with van der Waals surface area (Å²) < 4.78 is 21.2. The summed E-state index contributed by atoms with van der Waals surface area (Å²) in [4.78, 5) is 60.9. The highest BCUT2D eigenvalue weighted by Crippen LogP contribution is 2.24. The number of hydrogen-bond acceptors (Lipinski definition) is 10. The predicted molar refractivity (Wildman–Crippen MR) is 135 cm³/mol. The number of aliphatic hydroxyl groups is 1. The van der Waals surface area contributed by atoms with Gasteiger partial charge in [-0.25, -0.2) is 0 Å². The van der Waals surface area contributed by atoms with Gasteiger partial charge < -0.3 is 39.5 Å². The molecule has 0 fully saturated rings. The van der Waals surface area contributed by atoms with Crippen molar-refractivity contribution in [3.8, 4) is 5.75 Å². The fourth-order valence-corrected chi connectivity index (χ4v) is 3.18. The van der Waals surface area contributed by atoms with Crippen molar-refractivity contribution in [3.05, 3.63) is 29.3 Å². The third-order valence-corrected chi connectivity index (χ3v) is 5.16. The highest BCUT2D eigenvalue weighted by atomic mass is 16.5. The number of ether oxygens (including phenoxy) is 4. The Morgan fingerprint density at radius 2 is 1.66 bits per heavy atom. The Bertz CT molecular complexity index is 896. The molecule has 0 radical (unpaired) electrons.